The quantitative estimate of drug-likeness (QED) is 0.319. The number of alkyl halides is 3. The maximum Gasteiger partial charge on any atom is 0.416 e. The van der Waals surface area contributed by atoms with Gasteiger partial charge >= 0.3 is 6.18 Å². The number of anilines is 3. The number of benzene rings is 3. The Morgan fingerprint density at radius 2 is 1.50 bits per heavy atom. The Balaban J connectivity index is 1.18. The molecule has 3 aromatic carbocycles. The van der Waals surface area contributed by atoms with E-state index in [0.29, 0.717) is 12.2 Å². The molecule has 2 aliphatic rings. The van der Waals surface area contributed by atoms with Gasteiger partial charge in [0.15, 0.2) is 0 Å². The van der Waals surface area contributed by atoms with Gasteiger partial charge in [0.2, 0.25) is 0 Å². The lowest BCUT2D eigenvalue weighted by Crippen LogP contribution is -2.46. The standard InChI is InChI=1S/C28H30F3N3OS/c1-35-23-11-9-22(10-12-23)33-18-16-32(17-19-33)14-4-5-15-34-24-6-2-3-7-26(24)36-27-13-8-21(20-25(27)34)28(29,30)31/h2-3,6-13,20H,4-5,14-19H2,1H3. The molecule has 36 heavy (non-hydrogen) atoms. The van der Waals surface area contributed by atoms with E-state index in [-0.39, 0.29) is 0 Å². The van der Waals surface area contributed by atoms with Gasteiger partial charge in [0, 0.05) is 48.2 Å². The van der Waals surface area contributed by atoms with Gasteiger partial charge in [-0.3, -0.25) is 4.90 Å². The van der Waals surface area contributed by atoms with Crippen LogP contribution in [0, 0.1) is 0 Å². The van der Waals surface area contributed by atoms with Gasteiger partial charge in [-0.25, -0.2) is 0 Å². The van der Waals surface area contributed by atoms with Gasteiger partial charge in [-0.05, 0) is 74.0 Å². The van der Waals surface area contributed by atoms with E-state index >= 15 is 0 Å². The van der Waals surface area contributed by atoms with Crippen LogP contribution in [0.5, 0.6) is 5.75 Å². The van der Waals surface area contributed by atoms with Crippen LogP contribution in [-0.4, -0.2) is 51.3 Å². The summed E-state index contributed by atoms with van der Waals surface area (Å²) in [4.78, 5) is 8.90. The van der Waals surface area contributed by atoms with Gasteiger partial charge < -0.3 is 14.5 Å². The summed E-state index contributed by atoms with van der Waals surface area (Å²) in [5, 5.41) is 0. The molecule has 0 bridgehead atoms. The molecule has 4 nitrogen and oxygen atoms in total. The second-order valence-corrected chi connectivity index (χ2v) is 10.2. The number of hydrogen-bond donors (Lipinski definition) is 0. The SMILES string of the molecule is COc1ccc(N2CCN(CCCCN3c4ccccc4Sc4ccc(C(F)(F)F)cc43)CC2)cc1. The number of nitrogens with zero attached hydrogens (tertiary/aromatic N) is 3. The third-order valence-electron chi connectivity index (χ3n) is 6.87. The predicted molar refractivity (Wildman–Crippen MR) is 140 cm³/mol. The van der Waals surface area contributed by atoms with Gasteiger partial charge in [0.05, 0.1) is 24.0 Å². The first-order valence-electron chi connectivity index (χ1n) is 12.3. The second-order valence-electron chi connectivity index (χ2n) is 9.14. The lowest BCUT2D eigenvalue weighted by Gasteiger charge is -2.36. The molecule has 0 amide bonds. The number of rotatable bonds is 7. The molecule has 0 saturated carbocycles. The predicted octanol–water partition coefficient (Wildman–Crippen LogP) is 6.92. The highest BCUT2D eigenvalue weighted by Gasteiger charge is 2.33. The van der Waals surface area contributed by atoms with Crippen molar-refractivity contribution in [3.63, 3.8) is 0 Å². The van der Waals surface area contributed by atoms with Gasteiger partial charge in [-0.1, -0.05) is 23.9 Å². The van der Waals surface area contributed by atoms with E-state index in [4.69, 9.17) is 4.74 Å². The van der Waals surface area contributed by atoms with E-state index in [1.807, 2.05) is 36.4 Å². The fraction of sp³-hybridized carbons (Fsp3) is 0.357. The summed E-state index contributed by atoms with van der Waals surface area (Å²) in [6.07, 6.45) is -2.44. The summed E-state index contributed by atoms with van der Waals surface area (Å²) in [7, 11) is 1.68. The highest BCUT2D eigenvalue weighted by Crippen LogP contribution is 2.49. The second kappa shape index (κ2) is 10.6. The zero-order valence-corrected chi connectivity index (χ0v) is 21.1. The molecule has 0 unspecified atom stereocenters. The van der Waals surface area contributed by atoms with Crippen LogP contribution in [0.25, 0.3) is 0 Å². The summed E-state index contributed by atoms with van der Waals surface area (Å²) < 4.78 is 45.5. The third kappa shape index (κ3) is 5.44. The summed E-state index contributed by atoms with van der Waals surface area (Å²) >= 11 is 1.54. The van der Waals surface area contributed by atoms with E-state index in [2.05, 4.69) is 26.8 Å². The first-order chi connectivity index (χ1) is 17.4. The van der Waals surface area contributed by atoms with Gasteiger partial charge in [-0.2, -0.15) is 13.2 Å². The maximum atomic E-state index is 13.4. The van der Waals surface area contributed by atoms with Crippen LogP contribution in [0.15, 0.2) is 76.5 Å². The van der Waals surface area contributed by atoms with E-state index in [9.17, 15) is 13.2 Å². The highest BCUT2D eigenvalue weighted by molar-refractivity contribution is 7.99. The Morgan fingerprint density at radius 3 is 2.22 bits per heavy atom. The molecule has 2 aliphatic heterocycles. The topological polar surface area (TPSA) is 19.0 Å². The number of para-hydroxylation sites is 1. The lowest BCUT2D eigenvalue weighted by atomic mass is 10.1. The molecule has 3 aromatic rings. The van der Waals surface area contributed by atoms with E-state index in [1.54, 1.807) is 13.2 Å². The van der Waals surface area contributed by atoms with E-state index in [0.717, 1.165) is 66.8 Å². The molecule has 0 spiro atoms. The van der Waals surface area contributed by atoms with Crippen LogP contribution >= 0.6 is 11.8 Å². The van der Waals surface area contributed by atoms with Crippen molar-refractivity contribution in [2.75, 3.05) is 56.2 Å². The summed E-state index contributed by atoms with van der Waals surface area (Å²) in [5.41, 5.74) is 2.26. The minimum atomic E-state index is -4.35. The van der Waals surface area contributed by atoms with Crippen molar-refractivity contribution in [3.8, 4) is 5.75 Å². The number of fused-ring (bicyclic) bond motifs is 2. The monoisotopic (exact) mass is 513 g/mol. The molecule has 190 valence electrons. The summed E-state index contributed by atoms with van der Waals surface area (Å²) in [5.74, 6) is 0.865. The molecule has 0 N–H and O–H groups in total. The molecule has 0 aromatic heterocycles. The van der Waals surface area contributed by atoms with Crippen molar-refractivity contribution in [2.24, 2.45) is 0 Å². The smallest absolute Gasteiger partial charge is 0.416 e. The van der Waals surface area contributed by atoms with Crippen LogP contribution in [0.4, 0.5) is 30.2 Å². The first-order valence-corrected chi connectivity index (χ1v) is 13.1. The molecule has 0 aliphatic carbocycles. The highest BCUT2D eigenvalue weighted by atomic mass is 32.2. The molecule has 1 fully saturated rings. The van der Waals surface area contributed by atoms with Gasteiger partial charge in [0.1, 0.15) is 5.75 Å². The zero-order chi connectivity index (χ0) is 25.1. The molecular weight excluding hydrogens is 483 g/mol. The van der Waals surface area contributed by atoms with Crippen molar-refractivity contribution in [2.45, 2.75) is 28.8 Å². The van der Waals surface area contributed by atoms with Gasteiger partial charge in [-0.15, -0.1) is 0 Å². The number of piperazine rings is 1. The molecule has 0 atom stereocenters. The molecule has 0 radical (unpaired) electrons. The summed E-state index contributed by atoms with van der Waals surface area (Å²) in [6, 6.07) is 20.3. The van der Waals surface area contributed by atoms with Crippen molar-refractivity contribution in [1.29, 1.82) is 0 Å². The van der Waals surface area contributed by atoms with Crippen molar-refractivity contribution in [3.05, 3.63) is 72.3 Å². The average Bonchev–Trinajstić information content (AvgIpc) is 2.90. The Bertz CT molecular complexity index is 1180. The van der Waals surface area contributed by atoms with Crippen molar-refractivity contribution < 1.29 is 17.9 Å². The van der Waals surface area contributed by atoms with Gasteiger partial charge in [0.25, 0.3) is 0 Å². The number of ether oxygens (including phenoxy) is 1. The molecular formula is C28H30F3N3OS. The van der Waals surface area contributed by atoms with Crippen LogP contribution in [0.3, 0.4) is 0 Å². The number of methoxy groups -OCH3 is 1. The van der Waals surface area contributed by atoms with Crippen molar-refractivity contribution in [1.82, 2.24) is 4.90 Å². The number of halogens is 3. The normalized spacial score (nSPS) is 16.0. The van der Waals surface area contributed by atoms with Crippen molar-refractivity contribution >= 4 is 28.8 Å². The lowest BCUT2D eigenvalue weighted by molar-refractivity contribution is -0.137. The van der Waals surface area contributed by atoms with Crippen LogP contribution < -0.4 is 14.5 Å². The number of hydrogen-bond acceptors (Lipinski definition) is 5. The summed E-state index contributed by atoms with van der Waals surface area (Å²) in [6.45, 7) is 5.67. The Kier molecular flexibility index (Phi) is 7.34. The average molecular weight is 514 g/mol. The van der Waals surface area contributed by atoms with Crippen LogP contribution in [-0.2, 0) is 6.18 Å². The Labute approximate surface area is 214 Å². The molecule has 2 heterocycles. The fourth-order valence-corrected chi connectivity index (χ4v) is 5.95. The third-order valence-corrected chi connectivity index (χ3v) is 8.00. The molecule has 1 saturated heterocycles. The minimum Gasteiger partial charge on any atom is -0.497 e. The van der Waals surface area contributed by atoms with E-state index in [1.165, 1.54) is 29.6 Å². The molecule has 5 rings (SSSR count). The fourth-order valence-electron chi connectivity index (χ4n) is 4.87. The maximum absolute atomic E-state index is 13.4. The minimum absolute atomic E-state index is 0.596. The van der Waals surface area contributed by atoms with E-state index < -0.39 is 11.7 Å². The first kappa shape index (κ1) is 24.8. The van der Waals surface area contributed by atoms with Crippen LogP contribution in [0.1, 0.15) is 18.4 Å². The Morgan fingerprint density at radius 1 is 0.806 bits per heavy atom. The largest absolute Gasteiger partial charge is 0.497 e. The number of unbranched alkanes of at least 4 members (excludes halogenated alkanes) is 1. The zero-order valence-electron chi connectivity index (χ0n) is 20.3. The molecule has 8 heteroatoms. The van der Waals surface area contributed by atoms with Crippen LogP contribution in [0.2, 0.25) is 0 Å². The Hall–Kier alpha value is -2.84.